The Balaban J connectivity index is 0.00000484. The highest BCUT2D eigenvalue weighted by Crippen LogP contribution is 2.02. The van der Waals surface area contributed by atoms with Crippen LogP contribution in [-0.2, 0) is 16.1 Å². The molecule has 0 spiro atoms. The van der Waals surface area contributed by atoms with Crippen molar-refractivity contribution in [1.82, 2.24) is 10.6 Å². The molecule has 132 valence electrons. The molecule has 0 aromatic heterocycles. The molecule has 2 unspecified atom stereocenters. The van der Waals surface area contributed by atoms with Gasteiger partial charge in [-0.25, -0.2) is 0 Å². The molecule has 0 aliphatic rings. The number of halogens is 1. The summed E-state index contributed by atoms with van der Waals surface area (Å²) in [5, 5.41) is 6.59. The molecular weight excluding hydrogens is 405 g/mol. The topological polar surface area (TPSA) is 54.9 Å². The highest BCUT2D eigenvalue weighted by Gasteiger charge is 2.07. The van der Waals surface area contributed by atoms with Gasteiger partial charge in [0.05, 0.1) is 19.8 Å². The van der Waals surface area contributed by atoms with E-state index in [0.29, 0.717) is 25.7 Å². The van der Waals surface area contributed by atoms with Gasteiger partial charge in [0.2, 0.25) is 0 Å². The van der Waals surface area contributed by atoms with Crippen molar-refractivity contribution in [3.05, 3.63) is 35.9 Å². The lowest BCUT2D eigenvalue weighted by Crippen LogP contribution is -2.45. The van der Waals surface area contributed by atoms with Crippen LogP contribution in [0.15, 0.2) is 35.3 Å². The largest absolute Gasteiger partial charge is 0.383 e. The molecule has 5 nitrogen and oxygen atoms in total. The summed E-state index contributed by atoms with van der Waals surface area (Å²) in [6, 6.07) is 10.4. The quantitative estimate of drug-likeness (QED) is 0.356. The van der Waals surface area contributed by atoms with Crippen molar-refractivity contribution < 1.29 is 9.47 Å². The van der Waals surface area contributed by atoms with Gasteiger partial charge in [0.1, 0.15) is 0 Å². The molecule has 1 aromatic rings. The number of rotatable bonds is 9. The van der Waals surface area contributed by atoms with Crippen molar-refractivity contribution in [3.8, 4) is 0 Å². The Morgan fingerprint density at radius 1 is 1.17 bits per heavy atom. The molecule has 23 heavy (non-hydrogen) atoms. The third kappa shape index (κ3) is 10.5. The summed E-state index contributed by atoms with van der Waals surface area (Å²) in [6.07, 6.45) is 0. The van der Waals surface area contributed by atoms with Crippen LogP contribution in [0.5, 0.6) is 0 Å². The maximum atomic E-state index is 5.75. The maximum Gasteiger partial charge on any atom is 0.191 e. The van der Waals surface area contributed by atoms with Crippen LogP contribution in [0.3, 0.4) is 0 Å². The van der Waals surface area contributed by atoms with Gasteiger partial charge in [-0.05, 0) is 18.4 Å². The number of methoxy groups -OCH3 is 1. The summed E-state index contributed by atoms with van der Waals surface area (Å²) >= 11 is 0. The Bertz CT molecular complexity index is 429. The Labute approximate surface area is 157 Å². The molecule has 0 saturated heterocycles. The Morgan fingerprint density at radius 3 is 2.48 bits per heavy atom. The van der Waals surface area contributed by atoms with Crippen molar-refractivity contribution in [1.29, 1.82) is 0 Å². The maximum absolute atomic E-state index is 5.75. The van der Waals surface area contributed by atoms with Gasteiger partial charge in [-0.15, -0.1) is 24.0 Å². The summed E-state index contributed by atoms with van der Waals surface area (Å²) in [6.45, 7) is 7.05. The van der Waals surface area contributed by atoms with Crippen molar-refractivity contribution in [2.24, 2.45) is 10.9 Å². The minimum atomic E-state index is 0. The minimum absolute atomic E-state index is 0. The van der Waals surface area contributed by atoms with E-state index in [1.807, 2.05) is 18.2 Å². The number of aliphatic imine (C=N–C) groups is 1. The van der Waals surface area contributed by atoms with E-state index in [4.69, 9.17) is 9.47 Å². The summed E-state index contributed by atoms with van der Waals surface area (Å²) < 4.78 is 10.9. The van der Waals surface area contributed by atoms with Crippen LogP contribution in [-0.4, -0.2) is 45.9 Å². The molecule has 0 saturated carbocycles. The van der Waals surface area contributed by atoms with E-state index in [1.165, 1.54) is 5.56 Å². The van der Waals surface area contributed by atoms with E-state index in [9.17, 15) is 0 Å². The van der Waals surface area contributed by atoms with Crippen LogP contribution < -0.4 is 10.6 Å². The number of nitrogens with one attached hydrogen (secondary N) is 2. The van der Waals surface area contributed by atoms with Crippen LogP contribution in [0, 0.1) is 5.92 Å². The van der Waals surface area contributed by atoms with Crippen LogP contribution in [0.25, 0.3) is 0 Å². The number of nitrogens with zero attached hydrogens (tertiary/aromatic N) is 1. The smallest absolute Gasteiger partial charge is 0.191 e. The highest BCUT2D eigenvalue weighted by atomic mass is 127. The Kier molecular flexibility index (Phi) is 13.1. The molecule has 6 heteroatoms. The number of benzene rings is 1. The second-order valence-electron chi connectivity index (χ2n) is 5.56. The van der Waals surface area contributed by atoms with E-state index in [0.717, 1.165) is 12.5 Å². The molecule has 0 radical (unpaired) electrons. The van der Waals surface area contributed by atoms with Crippen LogP contribution in [0.1, 0.15) is 19.4 Å². The Hall–Kier alpha value is -0.860. The van der Waals surface area contributed by atoms with Gasteiger partial charge in [-0.3, -0.25) is 4.99 Å². The van der Waals surface area contributed by atoms with Crippen molar-refractivity contribution in [2.45, 2.75) is 26.5 Å². The van der Waals surface area contributed by atoms with Gasteiger partial charge < -0.3 is 20.1 Å². The molecule has 1 aromatic carbocycles. The second-order valence-corrected chi connectivity index (χ2v) is 5.56. The van der Waals surface area contributed by atoms with Crippen molar-refractivity contribution in [3.63, 3.8) is 0 Å². The lowest BCUT2D eigenvalue weighted by Gasteiger charge is -2.19. The Morgan fingerprint density at radius 2 is 1.87 bits per heavy atom. The molecule has 0 bridgehead atoms. The number of guanidine groups is 1. The molecular formula is C17H30IN3O2. The molecule has 0 heterocycles. The van der Waals surface area contributed by atoms with E-state index in [1.54, 1.807) is 14.2 Å². The zero-order chi connectivity index (χ0) is 16.2. The van der Waals surface area contributed by atoms with Gasteiger partial charge in [0.15, 0.2) is 5.96 Å². The SMILES string of the molecule is CN=C(NCC(C)COCc1ccccc1)NC(C)COC.I. The van der Waals surface area contributed by atoms with Crippen LogP contribution >= 0.6 is 24.0 Å². The van der Waals surface area contributed by atoms with Crippen molar-refractivity contribution >= 4 is 29.9 Å². The van der Waals surface area contributed by atoms with E-state index < -0.39 is 0 Å². The first-order chi connectivity index (χ1) is 10.7. The second kappa shape index (κ2) is 13.6. The predicted molar refractivity (Wildman–Crippen MR) is 107 cm³/mol. The first-order valence-corrected chi connectivity index (χ1v) is 7.73. The van der Waals surface area contributed by atoms with Gasteiger partial charge in [0, 0.05) is 26.7 Å². The molecule has 0 amide bonds. The third-order valence-corrected chi connectivity index (χ3v) is 3.16. The summed E-state index contributed by atoms with van der Waals surface area (Å²) in [5.74, 6) is 1.19. The lowest BCUT2D eigenvalue weighted by atomic mass is 10.2. The summed E-state index contributed by atoms with van der Waals surface area (Å²) in [5.41, 5.74) is 1.20. The number of hydrogen-bond acceptors (Lipinski definition) is 3. The van der Waals surface area contributed by atoms with E-state index in [2.05, 4.69) is 41.6 Å². The lowest BCUT2D eigenvalue weighted by molar-refractivity contribution is 0.0930. The highest BCUT2D eigenvalue weighted by molar-refractivity contribution is 14.0. The number of ether oxygens (including phenoxy) is 2. The predicted octanol–water partition coefficient (Wildman–Crippen LogP) is 2.66. The first kappa shape index (κ1) is 22.1. The average molecular weight is 435 g/mol. The molecule has 2 N–H and O–H groups in total. The first-order valence-electron chi connectivity index (χ1n) is 7.73. The fraction of sp³-hybridized carbons (Fsp3) is 0.588. The van der Waals surface area contributed by atoms with Gasteiger partial charge >= 0.3 is 0 Å². The van der Waals surface area contributed by atoms with Gasteiger partial charge in [-0.2, -0.15) is 0 Å². The fourth-order valence-corrected chi connectivity index (χ4v) is 2.00. The zero-order valence-corrected chi connectivity index (χ0v) is 16.9. The normalized spacial score (nSPS) is 13.8. The summed E-state index contributed by atoms with van der Waals surface area (Å²) in [7, 11) is 3.46. The van der Waals surface area contributed by atoms with E-state index >= 15 is 0 Å². The third-order valence-electron chi connectivity index (χ3n) is 3.16. The van der Waals surface area contributed by atoms with Crippen LogP contribution in [0.4, 0.5) is 0 Å². The monoisotopic (exact) mass is 435 g/mol. The number of hydrogen-bond donors (Lipinski definition) is 2. The summed E-state index contributed by atoms with van der Waals surface area (Å²) in [4.78, 5) is 4.21. The molecule has 0 aliphatic heterocycles. The van der Waals surface area contributed by atoms with Gasteiger partial charge in [-0.1, -0.05) is 37.3 Å². The van der Waals surface area contributed by atoms with Gasteiger partial charge in [0.25, 0.3) is 0 Å². The standard InChI is InChI=1S/C17H29N3O2.HI/c1-14(11-22-13-16-8-6-5-7-9-16)10-19-17(18-3)20-15(2)12-21-4;/h5-9,14-15H,10-13H2,1-4H3,(H2,18,19,20);1H. The molecule has 0 aliphatic carbocycles. The van der Waals surface area contributed by atoms with Crippen molar-refractivity contribution in [2.75, 3.05) is 33.9 Å². The zero-order valence-electron chi connectivity index (χ0n) is 14.5. The average Bonchev–Trinajstić information content (AvgIpc) is 2.52. The minimum Gasteiger partial charge on any atom is -0.383 e. The molecule has 1 rings (SSSR count). The molecule has 2 atom stereocenters. The fourth-order valence-electron chi connectivity index (χ4n) is 2.00. The molecule has 0 fully saturated rings. The van der Waals surface area contributed by atoms with Crippen LogP contribution in [0.2, 0.25) is 0 Å². The van der Waals surface area contributed by atoms with E-state index in [-0.39, 0.29) is 30.0 Å².